The second-order valence-electron chi connectivity index (χ2n) is 6.43. The first-order valence-electron chi connectivity index (χ1n) is 8.90. The molecule has 1 amide bonds. The lowest BCUT2D eigenvalue weighted by molar-refractivity contribution is -0.384. The van der Waals surface area contributed by atoms with Crippen LogP contribution in [-0.2, 0) is 4.79 Å². The number of furan rings is 1. The van der Waals surface area contributed by atoms with E-state index in [9.17, 15) is 14.9 Å². The van der Waals surface area contributed by atoms with Crippen LogP contribution in [0.1, 0.15) is 16.9 Å². The van der Waals surface area contributed by atoms with E-state index >= 15 is 0 Å². The number of hydrogen-bond acceptors (Lipinski definition) is 6. The van der Waals surface area contributed by atoms with Gasteiger partial charge in [0.25, 0.3) is 11.6 Å². The van der Waals surface area contributed by atoms with Crippen molar-refractivity contribution >= 4 is 29.4 Å². The van der Waals surface area contributed by atoms with E-state index in [-0.39, 0.29) is 17.3 Å². The fourth-order valence-electron chi connectivity index (χ4n) is 2.75. The number of nitrogens with one attached hydrogen (secondary N) is 1. The molecule has 3 aromatic rings. The first-order valence-corrected chi connectivity index (χ1v) is 9.28. The van der Waals surface area contributed by atoms with Gasteiger partial charge < -0.3 is 9.15 Å². The highest BCUT2D eigenvalue weighted by atomic mass is 35.5. The number of hydrazone groups is 1. The van der Waals surface area contributed by atoms with Crippen molar-refractivity contribution in [1.29, 1.82) is 0 Å². The summed E-state index contributed by atoms with van der Waals surface area (Å²) in [6, 6.07) is 13.1. The summed E-state index contributed by atoms with van der Waals surface area (Å²) in [4.78, 5) is 22.2. The van der Waals surface area contributed by atoms with E-state index in [4.69, 9.17) is 20.8 Å². The summed E-state index contributed by atoms with van der Waals surface area (Å²) in [7, 11) is 0. The molecule has 0 atom stereocenters. The van der Waals surface area contributed by atoms with Crippen molar-refractivity contribution in [2.24, 2.45) is 5.10 Å². The Balaban J connectivity index is 1.58. The third kappa shape index (κ3) is 5.03. The molecule has 30 heavy (non-hydrogen) atoms. The highest BCUT2D eigenvalue weighted by Gasteiger charge is 2.13. The van der Waals surface area contributed by atoms with Gasteiger partial charge in [-0.1, -0.05) is 29.8 Å². The summed E-state index contributed by atoms with van der Waals surface area (Å²) in [6.45, 7) is 3.64. The number of hydrogen-bond donors (Lipinski definition) is 1. The molecular weight excluding hydrogens is 410 g/mol. The number of carbonyl (C=O) groups is 1. The predicted octanol–water partition coefficient (Wildman–Crippen LogP) is 4.65. The predicted molar refractivity (Wildman–Crippen MR) is 113 cm³/mol. The van der Waals surface area contributed by atoms with Crippen LogP contribution >= 0.6 is 11.6 Å². The minimum absolute atomic E-state index is 0.108. The zero-order valence-electron chi connectivity index (χ0n) is 16.2. The Kier molecular flexibility index (Phi) is 6.48. The first-order chi connectivity index (χ1) is 14.3. The van der Waals surface area contributed by atoms with Gasteiger partial charge in [0.1, 0.15) is 17.3 Å². The molecule has 0 fully saturated rings. The molecule has 2 aromatic carbocycles. The molecule has 0 saturated heterocycles. The number of ether oxygens (including phenoxy) is 1. The summed E-state index contributed by atoms with van der Waals surface area (Å²) >= 11 is 6.10. The molecule has 0 unspecified atom stereocenters. The van der Waals surface area contributed by atoms with E-state index in [1.165, 1.54) is 24.4 Å². The number of nitro groups is 1. The quantitative estimate of drug-likeness (QED) is 0.335. The zero-order valence-corrected chi connectivity index (χ0v) is 17.0. The van der Waals surface area contributed by atoms with Gasteiger partial charge in [-0.05, 0) is 43.2 Å². The molecule has 0 aliphatic heterocycles. The van der Waals surface area contributed by atoms with Crippen molar-refractivity contribution in [3.8, 4) is 17.1 Å². The van der Waals surface area contributed by atoms with E-state index in [2.05, 4.69) is 10.5 Å². The topological polar surface area (TPSA) is 107 Å². The molecule has 1 N–H and O–H groups in total. The maximum atomic E-state index is 11.9. The number of para-hydroxylation sites is 1. The van der Waals surface area contributed by atoms with Crippen LogP contribution in [0, 0.1) is 24.0 Å². The Morgan fingerprint density at radius 3 is 2.63 bits per heavy atom. The summed E-state index contributed by atoms with van der Waals surface area (Å²) in [5, 5.41) is 14.8. The van der Waals surface area contributed by atoms with Crippen molar-refractivity contribution in [2.45, 2.75) is 13.8 Å². The summed E-state index contributed by atoms with van der Waals surface area (Å²) < 4.78 is 11.2. The second-order valence-corrected chi connectivity index (χ2v) is 6.83. The van der Waals surface area contributed by atoms with Crippen LogP contribution in [0.25, 0.3) is 11.3 Å². The van der Waals surface area contributed by atoms with Crippen molar-refractivity contribution in [3.05, 3.63) is 80.6 Å². The Morgan fingerprint density at radius 2 is 1.97 bits per heavy atom. The Morgan fingerprint density at radius 1 is 1.23 bits per heavy atom. The van der Waals surface area contributed by atoms with Gasteiger partial charge in [-0.2, -0.15) is 5.10 Å². The van der Waals surface area contributed by atoms with E-state index in [1.54, 1.807) is 12.1 Å². The molecule has 0 spiro atoms. The lowest BCUT2D eigenvalue weighted by atomic mass is 10.1. The molecule has 9 heteroatoms. The molecule has 0 bridgehead atoms. The molecule has 8 nitrogen and oxygen atoms in total. The third-order valence-corrected chi connectivity index (χ3v) is 4.51. The lowest BCUT2D eigenvalue weighted by Crippen LogP contribution is -2.24. The van der Waals surface area contributed by atoms with Gasteiger partial charge in [-0.3, -0.25) is 14.9 Å². The van der Waals surface area contributed by atoms with Crippen LogP contribution in [0.4, 0.5) is 5.69 Å². The number of halogens is 1. The molecule has 0 aliphatic carbocycles. The number of aryl methyl sites for hydroxylation is 2. The van der Waals surface area contributed by atoms with Gasteiger partial charge in [0.2, 0.25) is 0 Å². The summed E-state index contributed by atoms with van der Waals surface area (Å²) in [6.07, 6.45) is 1.33. The van der Waals surface area contributed by atoms with Gasteiger partial charge in [0.15, 0.2) is 6.61 Å². The number of nitrogens with zero attached hydrogens (tertiary/aromatic N) is 2. The van der Waals surface area contributed by atoms with Gasteiger partial charge in [0.05, 0.1) is 16.2 Å². The molecule has 154 valence electrons. The van der Waals surface area contributed by atoms with Crippen LogP contribution in [0.2, 0.25) is 5.02 Å². The standard InChI is InChI=1S/C21H18ClN3O5/c1-13-4-3-5-14(2)21(13)29-12-20(26)24-23-11-16-7-9-19(30-16)17-8-6-15(25(27)28)10-18(17)22/h3-11H,12H2,1-2H3,(H,24,26)/b23-11+. The van der Waals surface area contributed by atoms with Crippen LogP contribution in [0.3, 0.4) is 0 Å². The van der Waals surface area contributed by atoms with Crippen LogP contribution in [0.5, 0.6) is 5.75 Å². The smallest absolute Gasteiger partial charge is 0.277 e. The van der Waals surface area contributed by atoms with Crippen molar-refractivity contribution in [3.63, 3.8) is 0 Å². The number of rotatable bonds is 7. The maximum Gasteiger partial charge on any atom is 0.277 e. The molecule has 3 rings (SSSR count). The van der Waals surface area contributed by atoms with E-state index < -0.39 is 10.8 Å². The second kappa shape index (κ2) is 9.23. The fraction of sp³-hybridized carbons (Fsp3) is 0.143. The fourth-order valence-corrected chi connectivity index (χ4v) is 3.02. The minimum atomic E-state index is -0.525. The summed E-state index contributed by atoms with van der Waals surface area (Å²) in [5.74, 6) is 1.04. The Labute approximate surface area is 177 Å². The average molecular weight is 428 g/mol. The number of amides is 1. The number of carbonyl (C=O) groups excluding carboxylic acids is 1. The van der Waals surface area contributed by atoms with Gasteiger partial charge >= 0.3 is 0 Å². The van der Waals surface area contributed by atoms with E-state index in [0.29, 0.717) is 22.8 Å². The monoisotopic (exact) mass is 427 g/mol. The SMILES string of the molecule is Cc1cccc(C)c1OCC(=O)N/N=C/c1ccc(-c2ccc([N+](=O)[O-])cc2Cl)o1. The van der Waals surface area contributed by atoms with Crippen LogP contribution in [0.15, 0.2) is 58.0 Å². The van der Waals surface area contributed by atoms with Crippen molar-refractivity contribution in [2.75, 3.05) is 6.61 Å². The zero-order chi connectivity index (χ0) is 21.7. The average Bonchev–Trinajstić information content (AvgIpc) is 3.16. The molecule has 0 aliphatic rings. The van der Waals surface area contributed by atoms with Gasteiger partial charge in [0, 0.05) is 17.7 Å². The van der Waals surface area contributed by atoms with Gasteiger partial charge in [-0.25, -0.2) is 5.43 Å². The maximum absolute atomic E-state index is 11.9. The lowest BCUT2D eigenvalue weighted by Gasteiger charge is -2.10. The van der Waals surface area contributed by atoms with Crippen molar-refractivity contribution in [1.82, 2.24) is 5.43 Å². The Bertz CT molecular complexity index is 1100. The van der Waals surface area contributed by atoms with E-state index in [0.717, 1.165) is 11.1 Å². The highest BCUT2D eigenvalue weighted by molar-refractivity contribution is 6.33. The third-order valence-electron chi connectivity index (χ3n) is 4.19. The minimum Gasteiger partial charge on any atom is -0.483 e. The number of nitro benzene ring substituents is 1. The molecule has 1 heterocycles. The highest BCUT2D eigenvalue weighted by Crippen LogP contribution is 2.32. The molecule has 0 saturated carbocycles. The van der Waals surface area contributed by atoms with Crippen LogP contribution < -0.4 is 10.2 Å². The largest absolute Gasteiger partial charge is 0.483 e. The molecule has 0 radical (unpaired) electrons. The van der Waals surface area contributed by atoms with E-state index in [1.807, 2.05) is 32.0 Å². The molecular formula is C21H18ClN3O5. The summed E-state index contributed by atoms with van der Waals surface area (Å²) in [5.41, 5.74) is 4.65. The molecule has 1 aromatic heterocycles. The number of benzene rings is 2. The normalized spacial score (nSPS) is 10.9. The van der Waals surface area contributed by atoms with Crippen molar-refractivity contribution < 1.29 is 18.9 Å². The first kappa shape index (κ1) is 21.1. The Hall–Kier alpha value is -3.65. The van der Waals surface area contributed by atoms with Gasteiger partial charge in [-0.15, -0.1) is 0 Å². The number of non-ortho nitro benzene ring substituents is 1. The van der Waals surface area contributed by atoms with Crippen LogP contribution in [-0.4, -0.2) is 23.7 Å².